The maximum absolute atomic E-state index is 13.4. The summed E-state index contributed by atoms with van der Waals surface area (Å²) in [6.45, 7) is 2.78. The third-order valence-corrected chi connectivity index (χ3v) is 7.82. The molecule has 4 fully saturated rings. The normalized spacial score (nSPS) is 32.3. The average molecular weight is 390 g/mol. The lowest BCUT2D eigenvalue weighted by Crippen LogP contribution is -2.59. The lowest BCUT2D eigenvalue weighted by atomic mass is 9.42. The van der Waals surface area contributed by atoms with E-state index >= 15 is 0 Å². The van der Waals surface area contributed by atoms with Crippen LogP contribution in [0.3, 0.4) is 0 Å². The summed E-state index contributed by atoms with van der Waals surface area (Å²) < 4.78 is 0. The minimum atomic E-state index is -0.187. The molecule has 3 heteroatoms. The highest BCUT2D eigenvalue weighted by molar-refractivity contribution is 5.83. The van der Waals surface area contributed by atoms with E-state index in [1.54, 1.807) is 12.1 Å². The van der Waals surface area contributed by atoms with Crippen LogP contribution >= 0.6 is 0 Å². The molecule has 6 rings (SSSR count). The molecule has 2 atom stereocenters. The van der Waals surface area contributed by atoms with Gasteiger partial charge in [-0.1, -0.05) is 42.0 Å². The SMILES string of the molecule is Cc1ccc(C23CC4CC(CC(C(=O)NCCc5cccc(O)c5)(C4)C2)C3)cc1. The summed E-state index contributed by atoms with van der Waals surface area (Å²) in [5, 5.41) is 12.9. The number of amides is 1. The van der Waals surface area contributed by atoms with Crippen LogP contribution in [0, 0.1) is 24.2 Å². The zero-order chi connectivity index (χ0) is 20.1. The van der Waals surface area contributed by atoms with E-state index in [0.717, 1.165) is 31.2 Å². The molecule has 2 aromatic rings. The van der Waals surface area contributed by atoms with E-state index < -0.39 is 0 Å². The Morgan fingerprint density at radius 1 is 1.07 bits per heavy atom. The van der Waals surface area contributed by atoms with Crippen molar-refractivity contribution in [2.24, 2.45) is 17.3 Å². The Kier molecular flexibility index (Phi) is 4.45. The van der Waals surface area contributed by atoms with Crippen LogP contribution in [-0.2, 0) is 16.6 Å². The maximum atomic E-state index is 13.4. The van der Waals surface area contributed by atoms with Crippen molar-refractivity contribution in [2.45, 2.75) is 57.3 Å². The number of phenolic OH excluding ortho intramolecular Hbond substituents is 1. The first kappa shape index (κ1) is 18.7. The predicted molar refractivity (Wildman–Crippen MR) is 115 cm³/mol. The van der Waals surface area contributed by atoms with Gasteiger partial charge < -0.3 is 10.4 Å². The minimum Gasteiger partial charge on any atom is -0.508 e. The van der Waals surface area contributed by atoms with Crippen LogP contribution in [0.5, 0.6) is 5.75 Å². The second-order valence-electron chi connectivity index (χ2n) is 10.1. The van der Waals surface area contributed by atoms with Crippen LogP contribution < -0.4 is 5.32 Å². The van der Waals surface area contributed by atoms with Gasteiger partial charge in [0, 0.05) is 6.54 Å². The molecule has 0 saturated heterocycles. The number of aryl methyl sites for hydroxylation is 1. The van der Waals surface area contributed by atoms with Gasteiger partial charge in [-0.3, -0.25) is 4.79 Å². The van der Waals surface area contributed by atoms with E-state index in [2.05, 4.69) is 36.5 Å². The number of hydrogen-bond donors (Lipinski definition) is 2. The van der Waals surface area contributed by atoms with Gasteiger partial charge in [0.05, 0.1) is 5.41 Å². The van der Waals surface area contributed by atoms with Crippen LogP contribution in [0.25, 0.3) is 0 Å². The van der Waals surface area contributed by atoms with Crippen molar-refractivity contribution in [2.75, 3.05) is 6.54 Å². The fourth-order valence-corrected chi connectivity index (χ4v) is 6.99. The van der Waals surface area contributed by atoms with Crippen molar-refractivity contribution >= 4 is 5.91 Å². The minimum absolute atomic E-state index is 0.187. The summed E-state index contributed by atoms with van der Waals surface area (Å²) in [6.07, 6.45) is 7.71. The zero-order valence-corrected chi connectivity index (χ0v) is 17.3. The van der Waals surface area contributed by atoms with Crippen LogP contribution in [0.4, 0.5) is 0 Å². The number of aromatic hydroxyl groups is 1. The topological polar surface area (TPSA) is 49.3 Å². The quantitative estimate of drug-likeness (QED) is 0.764. The van der Waals surface area contributed by atoms with Crippen molar-refractivity contribution in [3.63, 3.8) is 0 Å². The van der Waals surface area contributed by atoms with E-state index in [1.807, 2.05) is 12.1 Å². The third kappa shape index (κ3) is 3.35. The van der Waals surface area contributed by atoms with E-state index in [4.69, 9.17) is 0 Å². The first-order chi connectivity index (χ1) is 14.0. The molecule has 4 saturated carbocycles. The maximum Gasteiger partial charge on any atom is 0.226 e. The number of rotatable bonds is 5. The van der Waals surface area contributed by atoms with Gasteiger partial charge in [0.25, 0.3) is 0 Å². The summed E-state index contributed by atoms with van der Waals surface area (Å²) in [5.41, 5.74) is 3.83. The first-order valence-electron chi connectivity index (χ1n) is 11.1. The summed E-state index contributed by atoms with van der Waals surface area (Å²) in [6, 6.07) is 16.4. The largest absolute Gasteiger partial charge is 0.508 e. The second kappa shape index (κ2) is 6.90. The van der Waals surface area contributed by atoms with Crippen molar-refractivity contribution < 1.29 is 9.90 Å². The molecule has 152 valence electrons. The molecule has 0 radical (unpaired) electrons. The number of phenols is 1. The van der Waals surface area contributed by atoms with Gasteiger partial charge in [-0.25, -0.2) is 0 Å². The second-order valence-corrected chi connectivity index (χ2v) is 10.1. The molecule has 0 spiro atoms. The van der Waals surface area contributed by atoms with E-state index in [0.29, 0.717) is 18.4 Å². The highest BCUT2D eigenvalue weighted by Gasteiger charge is 2.60. The number of carbonyl (C=O) groups excluding carboxylic acids is 1. The molecule has 2 unspecified atom stereocenters. The Morgan fingerprint density at radius 3 is 2.48 bits per heavy atom. The zero-order valence-electron chi connectivity index (χ0n) is 17.3. The molecule has 0 heterocycles. The van der Waals surface area contributed by atoms with Crippen molar-refractivity contribution in [3.05, 3.63) is 65.2 Å². The molecule has 4 bridgehead atoms. The lowest BCUT2D eigenvalue weighted by Gasteiger charge is -2.61. The summed E-state index contributed by atoms with van der Waals surface area (Å²) in [7, 11) is 0. The molecule has 0 aliphatic heterocycles. The van der Waals surface area contributed by atoms with Gasteiger partial charge >= 0.3 is 0 Å². The van der Waals surface area contributed by atoms with Crippen molar-refractivity contribution in [3.8, 4) is 5.75 Å². The molecular weight excluding hydrogens is 358 g/mol. The Bertz CT molecular complexity index is 903. The third-order valence-electron chi connectivity index (χ3n) is 7.82. The molecule has 29 heavy (non-hydrogen) atoms. The van der Waals surface area contributed by atoms with Crippen LogP contribution in [0.1, 0.15) is 55.2 Å². The summed E-state index contributed by atoms with van der Waals surface area (Å²) in [4.78, 5) is 13.4. The molecule has 1 amide bonds. The summed E-state index contributed by atoms with van der Waals surface area (Å²) in [5.74, 6) is 1.93. The van der Waals surface area contributed by atoms with Crippen LogP contribution in [0.2, 0.25) is 0 Å². The molecular formula is C26H31NO2. The Hall–Kier alpha value is -2.29. The van der Waals surface area contributed by atoms with E-state index in [1.165, 1.54) is 30.4 Å². The lowest BCUT2D eigenvalue weighted by molar-refractivity contribution is -0.149. The standard InChI is InChI=1S/C26H31NO2/c1-18-5-7-22(8-6-18)25-13-20-11-21(14-25)16-26(15-20,17-25)24(29)27-10-9-19-3-2-4-23(28)12-19/h2-8,12,20-21,28H,9-11,13-17H2,1H3,(H,27,29). The molecule has 2 aromatic carbocycles. The van der Waals surface area contributed by atoms with Gasteiger partial charge in [0.2, 0.25) is 5.91 Å². The number of hydrogen-bond acceptors (Lipinski definition) is 2. The molecule has 3 nitrogen and oxygen atoms in total. The van der Waals surface area contributed by atoms with Gasteiger partial charge in [-0.2, -0.15) is 0 Å². The van der Waals surface area contributed by atoms with Gasteiger partial charge in [-0.05, 0) is 92.4 Å². The molecule has 4 aliphatic rings. The van der Waals surface area contributed by atoms with Crippen LogP contribution in [0.15, 0.2) is 48.5 Å². The fourth-order valence-electron chi connectivity index (χ4n) is 6.99. The predicted octanol–water partition coefficient (Wildman–Crippen LogP) is 4.90. The van der Waals surface area contributed by atoms with Crippen molar-refractivity contribution in [1.29, 1.82) is 0 Å². The average Bonchev–Trinajstić information content (AvgIpc) is 2.67. The van der Waals surface area contributed by atoms with E-state index in [-0.39, 0.29) is 22.5 Å². The molecule has 0 aromatic heterocycles. The van der Waals surface area contributed by atoms with Gasteiger partial charge in [0.1, 0.15) is 5.75 Å². The van der Waals surface area contributed by atoms with E-state index in [9.17, 15) is 9.90 Å². The Morgan fingerprint density at radius 2 is 1.79 bits per heavy atom. The smallest absolute Gasteiger partial charge is 0.226 e. The van der Waals surface area contributed by atoms with Crippen LogP contribution in [-0.4, -0.2) is 17.6 Å². The number of nitrogens with one attached hydrogen (secondary N) is 1. The molecule has 4 aliphatic carbocycles. The number of benzene rings is 2. The number of carbonyl (C=O) groups is 1. The Balaban J connectivity index is 1.33. The first-order valence-corrected chi connectivity index (χ1v) is 11.1. The highest BCUT2D eigenvalue weighted by atomic mass is 16.3. The Labute approximate surface area is 173 Å². The monoisotopic (exact) mass is 389 g/mol. The fraction of sp³-hybridized carbons (Fsp3) is 0.500. The van der Waals surface area contributed by atoms with Crippen molar-refractivity contribution in [1.82, 2.24) is 5.32 Å². The van der Waals surface area contributed by atoms with Gasteiger partial charge in [-0.15, -0.1) is 0 Å². The molecule has 2 N–H and O–H groups in total. The van der Waals surface area contributed by atoms with Gasteiger partial charge in [0.15, 0.2) is 0 Å². The highest BCUT2D eigenvalue weighted by Crippen LogP contribution is 2.65. The summed E-state index contributed by atoms with van der Waals surface area (Å²) >= 11 is 0.